The second kappa shape index (κ2) is 7.49. The highest BCUT2D eigenvalue weighted by atomic mass is 16.5. The first kappa shape index (κ1) is 18.4. The molecule has 3 rings (SSSR count). The summed E-state index contributed by atoms with van der Waals surface area (Å²) in [7, 11) is 1.46. The van der Waals surface area contributed by atoms with E-state index in [1.165, 1.54) is 18.9 Å². The number of likely N-dealkylation sites (N-methyl/N-ethyl adjacent to an activating group) is 1. The molecule has 0 aliphatic rings. The first-order valence-corrected chi connectivity index (χ1v) is 8.53. The molecule has 1 amide bonds. The van der Waals surface area contributed by atoms with Crippen LogP contribution in [0.4, 0.5) is 0 Å². The van der Waals surface area contributed by atoms with Gasteiger partial charge in [0, 0.05) is 19.4 Å². The molecule has 1 unspecified atom stereocenters. The zero-order valence-corrected chi connectivity index (χ0v) is 15.4. The fraction of sp³-hybridized carbons (Fsp3) is 0.250. The SMILES string of the molecule is Cc1ccc2nc(COc3ccccc3C(=O)N(C)C(C)C(=O)O)cn2c1. The van der Waals surface area contributed by atoms with Gasteiger partial charge >= 0.3 is 5.97 Å². The Balaban J connectivity index is 1.79. The third kappa shape index (κ3) is 3.92. The largest absolute Gasteiger partial charge is 0.486 e. The number of hydrogen-bond acceptors (Lipinski definition) is 4. The van der Waals surface area contributed by atoms with Crippen molar-refractivity contribution in [3.8, 4) is 5.75 Å². The standard InChI is InChI=1S/C20H21N3O4/c1-13-8-9-18-21-15(11-23(18)10-13)12-27-17-7-5-4-6-16(17)19(24)22(3)14(2)20(25)26/h4-11,14H,12H2,1-3H3,(H,25,26). The number of carboxylic acid groups (broad SMARTS) is 1. The van der Waals surface area contributed by atoms with Crippen LogP contribution in [0, 0.1) is 6.92 Å². The molecule has 140 valence electrons. The molecule has 0 fully saturated rings. The molecule has 3 aromatic rings. The number of benzene rings is 1. The quantitative estimate of drug-likeness (QED) is 0.724. The summed E-state index contributed by atoms with van der Waals surface area (Å²) in [6, 6.07) is 9.76. The third-order valence-electron chi connectivity index (χ3n) is 4.40. The first-order chi connectivity index (χ1) is 12.9. The fourth-order valence-corrected chi connectivity index (χ4v) is 2.68. The number of hydrogen-bond donors (Lipinski definition) is 1. The van der Waals surface area contributed by atoms with E-state index in [4.69, 9.17) is 9.84 Å². The van der Waals surface area contributed by atoms with Crippen LogP contribution < -0.4 is 4.74 Å². The Morgan fingerprint density at radius 1 is 1.22 bits per heavy atom. The third-order valence-corrected chi connectivity index (χ3v) is 4.40. The number of fused-ring (bicyclic) bond motifs is 1. The number of amides is 1. The molecular weight excluding hydrogens is 346 g/mol. The predicted octanol–water partition coefficient (Wildman–Crippen LogP) is 2.77. The molecule has 1 N–H and O–H groups in total. The Morgan fingerprint density at radius 3 is 2.70 bits per heavy atom. The fourth-order valence-electron chi connectivity index (χ4n) is 2.68. The van der Waals surface area contributed by atoms with Crippen molar-refractivity contribution < 1.29 is 19.4 Å². The molecule has 0 saturated heterocycles. The number of rotatable bonds is 6. The number of carbonyl (C=O) groups excluding carboxylic acids is 1. The Hall–Kier alpha value is -3.35. The molecule has 0 aliphatic heterocycles. The molecular formula is C20H21N3O4. The van der Waals surface area contributed by atoms with Crippen LogP contribution in [0.15, 0.2) is 48.8 Å². The molecule has 0 saturated carbocycles. The van der Waals surface area contributed by atoms with Gasteiger partial charge in [-0.2, -0.15) is 0 Å². The minimum atomic E-state index is -1.07. The number of aliphatic carboxylic acids is 1. The second-order valence-electron chi connectivity index (χ2n) is 6.42. The monoisotopic (exact) mass is 367 g/mol. The van der Waals surface area contributed by atoms with Gasteiger partial charge in [-0.25, -0.2) is 9.78 Å². The van der Waals surface area contributed by atoms with Gasteiger partial charge in [0.15, 0.2) is 0 Å². The number of para-hydroxylation sites is 1. The van der Waals surface area contributed by atoms with Crippen molar-refractivity contribution in [1.29, 1.82) is 0 Å². The van der Waals surface area contributed by atoms with Crippen LogP contribution in [-0.2, 0) is 11.4 Å². The van der Waals surface area contributed by atoms with Gasteiger partial charge in [0.05, 0.1) is 11.3 Å². The first-order valence-electron chi connectivity index (χ1n) is 8.53. The highest BCUT2D eigenvalue weighted by Crippen LogP contribution is 2.22. The van der Waals surface area contributed by atoms with Crippen molar-refractivity contribution in [1.82, 2.24) is 14.3 Å². The molecule has 2 aromatic heterocycles. The van der Waals surface area contributed by atoms with Gasteiger partial charge in [-0.05, 0) is 37.6 Å². The van der Waals surface area contributed by atoms with Crippen LogP contribution in [0.2, 0.25) is 0 Å². The molecule has 1 aromatic carbocycles. The van der Waals surface area contributed by atoms with Crippen molar-refractivity contribution in [2.75, 3.05) is 7.05 Å². The molecule has 0 spiro atoms. The number of pyridine rings is 1. The second-order valence-corrected chi connectivity index (χ2v) is 6.42. The van der Waals surface area contributed by atoms with Crippen molar-refractivity contribution in [3.05, 3.63) is 65.6 Å². The summed E-state index contributed by atoms with van der Waals surface area (Å²) in [5.74, 6) is -1.09. The molecule has 0 radical (unpaired) electrons. The van der Waals surface area contributed by atoms with Gasteiger partial charge in [0.25, 0.3) is 5.91 Å². The highest BCUT2D eigenvalue weighted by molar-refractivity contribution is 5.98. The Morgan fingerprint density at radius 2 is 1.96 bits per heavy atom. The lowest BCUT2D eigenvalue weighted by atomic mass is 10.1. The average Bonchev–Trinajstić information content (AvgIpc) is 3.06. The molecule has 7 nitrogen and oxygen atoms in total. The predicted molar refractivity (Wildman–Crippen MR) is 99.9 cm³/mol. The summed E-state index contributed by atoms with van der Waals surface area (Å²) in [6.07, 6.45) is 3.86. The summed E-state index contributed by atoms with van der Waals surface area (Å²) < 4.78 is 7.75. The lowest BCUT2D eigenvalue weighted by Crippen LogP contribution is -2.40. The van der Waals surface area contributed by atoms with E-state index in [-0.39, 0.29) is 6.61 Å². The van der Waals surface area contributed by atoms with E-state index in [9.17, 15) is 9.59 Å². The van der Waals surface area contributed by atoms with Crippen LogP contribution in [0.1, 0.15) is 28.5 Å². The summed E-state index contributed by atoms with van der Waals surface area (Å²) >= 11 is 0. The molecule has 0 aliphatic carbocycles. The van der Waals surface area contributed by atoms with E-state index in [0.717, 1.165) is 16.9 Å². The van der Waals surface area contributed by atoms with E-state index in [0.29, 0.717) is 11.3 Å². The van der Waals surface area contributed by atoms with Crippen molar-refractivity contribution in [2.24, 2.45) is 0 Å². The maximum absolute atomic E-state index is 12.7. The number of carbonyl (C=O) groups is 2. The van der Waals surface area contributed by atoms with Gasteiger partial charge in [-0.1, -0.05) is 18.2 Å². The highest BCUT2D eigenvalue weighted by Gasteiger charge is 2.24. The van der Waals surface area contributed by atoms with Crippen LogP contribution >= 0.6 is 0 Å². The van der Waals surface area contributed by atoms with Crippen LogP contribution in [0.25, 0.3) is 5.65 Å². The van der Waals surface area contributed by atoms with E-state index >= 15 is 0 Å². The number of nitrogens with zero attached hydrogens (tertiary/aromatic N) is 3. The Labute approximate surface area is 156 Å². The van der Waals surface area contributed by atoms with E-state index < -0.39 is 17.9 Å². The summed E-state index contributed by atoms with van der Waals surface area (Å²) in [4.78, 5) is 29.5. The minimum Gasteiger partial charge on any atom is -0.486 e. The molecule has 2 heterocycles. The van der Waals surface area contributed by atoms with E-state index in [1.807, 2.05) is 35.9 Å². The van der Waals surface area contributed by atoms with Crippen molar-refractivity contribution >= 4 is 17.5 Å². The molecule has 0 bridgehead atoms. The number of aryl methyl sites for hydroxylation is 1. The van der Waals surface area contributed by atoms with Gasteiger partial charge in [-0.3, -0.25) is 4.79 Å². The number of ether oxygens (including phenoxy) is 1. The maximum Gasteiger partial charge on any atom is 0.326 e. The number of aromatic nitrogens is 2. The average molecular weight is 367 g/mol. The van der Waals surface area contributed by atoms with Crippen molar-refractivity contribution in [3.63, 3.8) is 0 Å². The van der Waals surface area contributed by atoms with Gasteiger partial charge in [-0.15, -0.1) is 0 Å². The normalized spacial score (nSPS) is 12.0. The van der Waals surface area contributed by atoms with E-state index in [2.05, 4.69) is 4.98 Å². The van der Waals surface area contributed by atoms with Gasteiger partial charge in [0.2, 0.25) is 0 Å². The van der Waals surface area contributed by atoms with Crippen LogP contribution in [-0.4, -0.2) is 44.4 Å². The molecule has 27 heavy (non-hydrogen) atoms. The Kier molecular flexibility index (Phi) is 5.12. The summed E-state index contributed by atoms with van der Waals surface area (Å²) in [5, 5.41) is 9.12. The lowest BCUT2D eigenvalue weighted by molar-refractivity contribution is -0.141. The van der Waals surface area contributed by atoms with Crippen LogP contribution in [0.5, 0.6) is 5.75 Å². The van der Waals surface area contributed by atoms with E-state index in [1.54, 1.807) is 24.3 Å². The topological polar surface area (TPSA) is 84.1 Å². The molecule has 7 heteroatoms. The van der Waals surface area contributed by atoms with Gasteiger partial charge in [0.1, 0.15) is 24.0 Å². The Bertz CT molecular complexity index is 996. The minimum absolute atomic E-state index is 0.198. The lowest BCUT2D eigenvalue weighted by Gasteiger charge is -2.22. The number of imidazole rings is 1. The zero-order chi connectivity index (χ0) is 19.6. The van der Waals surface area contributed by atoms with Crippen LogP contribution in [0.3, 0.4) is 0 Å². The number of carboxylic acids is 1. The summed E-state index contributed by atoms with van der Waals surface area (Å²) in [6.45, 7) is 3.66. The smallest absolute Gasteiger partial charge is 0.326 e. The molecule has 1 atom stereocenters. The summed E-state index contributed by atoms with van der Waals surface area (Å²) in [5.41, 5.74) is 2.99. The van der Waals surface area contributed by atoms with Gasteiger partial charge < -0.3 is 19.1 Å². The maximum atomic E-state index is 12.7. The van der Waals surface area contributed by atoms with Crippen molar-refractivity contribution in [2.45, 2.75) is 26.5 Å². The zero-order valence-electron chi connectivity index (χ0n) is 15.4.